The third-order valence-corrected chi connectivity index (χ3v) is 5.87. The molecule has 1 aliphatic carbocycles. The lowest BCUT2D eigenvalue weighted by atomic mass is 10.1. The Morgan fingerprint density at radius 2 is 2.11 bits per heavy atom. The largest absolute Gasteiger partial charge is 0.365 e. The first-order valence-electron chi connectivity index (χ1n) is 9.21. The van der Waals surface area contributed by atoms with Gasteiger partial charge in [-0.1, -0.05) is 24.3 Å². The van der Waals surface area contributed by atoms with E-state index in [4.69, 9.17) is 11.6 Å². The van der Waals surface area contributed by atoms with Crippen molar-refractivity contribution in [3.8, 4) is 0 Å². The van der Waals surface area contributed by atoms with Crippen LogP contribution < -0.4 is 5.32 Å². The maximum atomic E-state index is 6.17. The number of nitrogens with one attached hydrogen (secondary N) is 1. The molecule has 4 rings (SSSR count). The van der Waals surface area contributed by atoms with Crippen molar-refractivity contribution in [2.45, 2.75) is 42.7 Å². The van der Waals surface area contributed by atoms with Gasteiger partial charge in [-0.25, -0.2) is 4.98 Å². The highest BCUT2D eigenvalue weighted by molar-refractivity contribution is 7.99. The van der Waals surface area contributed by atoms with E-state index in [-0.39, 0.29) is 11.3 Å². The van der Waals surface area contributed by atoms with Crippen LogP contribution in [0.15, 0.2) is 54.2 Å². The van der Waals surface area contributed by atoms with Crippen molar-refractivity contribution in [3.05, 3.63) is 54.6 Å². The van der Waals surface area contributed by atoms with Gasteiger partial charge in [0.15, 0.2) is 17.0 Å². The van der Waals surface area contributed by atoms with E-state index >= 15 is 0 Å². The monoisotopic (exact) mass is 399 g/mol. The predicted molar refractivity (Wildman–Crippen MR) is 113 cm³/mol. The van der Waals surface area contributed by atoms with Crippen molar-refractivity contribution in [2.24, 2.45) is 0 Å². The molecule has 0 saturated heterocycles. The Labute approximate surface area is 168 Å². The van der Waals surface area contributed by atoms with E-state index in [2.05, 4.69) is 55.7 Å². The lowest BCUT2D eigenvalue weighted by Gasteiger charge is -2.15. The van der Waals surface area contributed by atoms with Crippen LogP contribution in [0.5, 0.6) is 0 Å². The van der Waals surface area contributed by atoms with Crippen molar-refractivity contribution in [1.82, 2.24) is 19.5 Å². The summed E-state index contributed by atoms with van der Waals surface area (Å²) < 4.78 is 2.06. The molecule has 140 valence electrons. The fourth-order valence-electron chi connectivity index (χ4n) is 3.02. The summed E-state index contributed by atoms with van der Waals surface area (Å²) in [6.45, 7) is 4.02. The van der Waals surface area contributed by atoms with Gasteiger partial charge in [0.1, 0.15) is 0 Å². The fourth-order valence-corrected chi connectivity index (χ4v) is 4.08. The molecule has 0 aliphatic heterocycles. The number of allylic oxidation sites excluding steroid dienone is 1. The van der Waals surface area contributed by atoms with Gasteiger partial charge in [-0.05, 0) is 55.2 Å². The number of fused-ring (bicyclic) bond motifs is 1. The molecule has 1 aromatic carbocycles. The predicted octanol–water partition coefficient (Wildman–Crippen LogP) is 5.35. The van der Waals surface area contributed by atoms with Gasteiger partial charge in [-0.2, -0.15) is 9.97 Å². The molecule has 0 spiro atoms. The highest BCUT2D eigenvalue weighted by Gasteiger charge is 2.24. The Balaban J connectivity index is 1.46. The molecule has 2 aromatic heterocycles. The number of anilines is 1. The quantitative estimate of drug-likeness (QED) is 0.227. The summed E-state index contributed by atoms with van der Waals surface area (Å²) in [5, 5.41) is 3.65. The average molecular weight is 400 g/mol. The molecular weight excluding hydrogens is 378 g/mol. The van der Waals surface area contributed by atoms with Crippen molar-refractivity contribution in [3.63, 3.8) is 0 Å². The number of hydrogen-bond donors (Lipinski definition) is 1. The second kappa shape index (κ2) is 8.31. The summed E-state index contributed by atoms with van der Waals surface area (Å²) in [6, 6.07) is 11.1. The van der Waals surface area contributed by atoms with Crippen LogP contribution >= 0.6 is 23.4 Å². The molecule has 0 radical (unpaired) electrons. The SMILES string of the molecule is C=C[C@H](CCCSc1ccccc1)n1cnc2c(NC3CC3)nc(Cl)nc21. The summed E-state index contributed by atoms with van der Waals surface area (Å²) in [4.78, 5) is 14.6. The van der Waals surface area contributed by atoms with Crippen LogP contribution in [0, 0.1) is 0 Å². The third-order valence-electron chi connectivity index (χ3n) is 4.60. The normalized spacial score (nSPS) is 15.0. The van der Waals surface area contributed by atoms with Crippen LogP contribution in [0.25, 0.3) is 11.2 Å². The summed E-state index contributed by atoms with van der Waals surface area (Å²) in [6.07, 6.45) is 8.16. The maximum Gasteiger partial charge on any atom is 0.226 e. The number of thioether (sulfide) groups is 1. The molecule has 1 atom stereocenters. The molecule has 1 N–H and O–H groups in total. The number of aromatic nitrogens is 4. The second-order valence-corrected chi connectivity index (χ2v) is 8.20. The van der Waals surface area contributed by atoms with E-state index in [0.29, 0.717) is 6.04 Å². The Hall–Kier alpha value is -2.05. The topological polar surface area (TPSA) is 55.6 Å². The summed E-state index contributed by atoms with van der Waals surface area (Å²) >= 11 is 8.04. The van der Waals surface area contributed by atoms with E-state index < -0.39 is 0 Å². The van der Waals surface area contributed by atoms with E-state index in [1.807, 2.05) is 30.2 Å². The van der Waals surface area contributed by atoms with Crippen LogP contribution in [0.1, 0.15) is 31.7 Å². The molecule has 27 heavy (non-hydrogen) atoms. The zero-order chi connectivity index (χ0) is 18.6. The van der Waals surface area contributed by atoms with Crippen molar-refractivity contribution < 1.29 is 0 Å². The number of nitrogens with zero attached hydrogens (tertiary/aromatic N) is 4. The average Bonchev–Trinajstić information content (AvgIpc) is 3.40. The second-order valence-electron chi connectivity index (χ2n) is 6.69. The molecule has 1 aliphatic rings. The minimum absolute atomic E-state index is 0.131. The minimum atomic E-state index is 0.131. The van der Waals surface area contributed by atoms with E-state index in [9.17, 15) is 0 Å². The summed E-state index contributed by atoms with van der Waals surface area (Å²) in [5.41, 5.74) is 1.54. The van der Waals surface area contributed by atoms with E-state index in [1.165, 1.54) is 4.90 Å². The highest BCUT2D eigenvalue weighted by Crippen LogP contribution is 2.30. The Bertz CT molecular complexity index is 923. The number of hydrogen-bond acceptors (Lipinski definition) is 5. The molecule has 0 unspecified atom stereocenters. The molecule has 1 fully saturated rings. The summed E-state index contributed by atoms with van der Waals surface area (Å²) in [7, 11) is 0. The first kappa shape index (κ1) is 18.3. The van der Waals surface area contributed by atoms with Gasteiger partial charge in [-0.15, -0.1) is 18.3 Å². The molecule has 0 bridgehead atoms. The van der Waals surface area contributed by atoms with Gasteiger partial charge in [-0.3, -0.25) is 0 Å². The number of rotatable bonds is 9. The van der Waals surface area contributed by atoms with Crippen LogP contribution in [-0.4, -0.2) is 31.3 Å². The van der Waals surface area contributed by atoms with Crippen molar-refractivity contribution in [2.75, 3.05) is 11.1 Å². The molecular formula is C20H22ClN5S. The number of benzene rings is 1. The zero-order valence-electron chi connectivity index (χ0n) is 15.0. The zero-order valence-corrected chi connectivity index (χ0v) is 16.6. The molecule has 2 heterocycles. The Kier molecular flexibility index (Phi) is 5.64. The Morgan fingerprint density at radius 3 is 2.85 bits per heavy atom. The summed E-state index contributed by atoms with van der Waals surface area (Å²) in [5.74, 6) is 1.79. The van der Waals surface area contributed by atoms with Gasteiger partial charge in [0.05, 0.1) is 12.4 Å². The van der Waals surface area contributed by atoms with E-state index in [1.54, 1.807) is 0 Å². The lowest BCUT2D eigenvalue weighted by molar-refractivity contribution is 0.562. The first-order valence-corrected chi connectivity index (χ1v) is 10.6. The van der Waals surface area contributed by atoms with Gasteiger partial charge < -0.3 is 9.88 Å². The van der Waals surface area contributed by atoms with Crippen LogP contribution in [0.3, 0.4) is 0 Å². The van der Waals surface area contributed by atoms with Gasteiger partial charge in [0, 0.05) is 10.9 Å². The third kappa shape index (κ3) is 4.45. The maximum absolute atomic E-state index is 6.17. The fraction of sp³-hybridized carbons (Fsp3) is 0.350. The van der Waals surface area contributed by atoms with Gasteiger partial charge in [0.2, 0.25) is 5.28 Å². The highest BCUT2D eigenvalue weighted by atomic mass is 35.5. The van der Waals surface area contributed by atoms with Crippen LogP contribution in [-0.2, 0) is 0 Å². The van der Waals surface area contributed by atoms with Crippen LogP contribution in [0.4, 0.5) is 5.82 Å². The van der Waals surface area contributed by atoms with Crippen molar-refractivity contribution in [1.29, 1.82) is 0 Å². The van der Waals surface area contributed by atoms with Gasteiger partial charge >= 0.3 is 0 Å². The first-order chi connectivity index (χ1) is 13.2. The Morgan fingerprint density at radius 1 is 1.30 bits per heavy atom. The molecule has 3 aromatic rings. The molecule has 1 saturated carbocycles. The smallest absolute Gasteiger partial charge is 0.226 e. The lowest BCUT2D eigenvalue weighted by Crippen LogP contribution is -2.08. The van der Waals surface area contributed by atoms with E-state index in [0.717, 1.165) is 48.4 Å². The van der Waals surface area contributed by atoms with Gasteiger partial charge in [0.25, 0.3) is 0 Å². The molecule has 0 amide bonds. The number of halogens is 1. The van der Waals surface area contributed by atoms with Crippen molar-refractivity contribution >= 4 is 40.3 Å². The van der Waals surface area contributed by atoms with Crippen LogP contribution in [0.2, 0.25) is 5.28 Å². The molecule has 7 heteroatoms. The number of imidazole rings is 1. The standard InChI is InChI=1S/C20H22ClN5S/c1-2-15(7-6-12-27-16-8-4-3-5-9-16)26-13-22-17-18(23-14-10-11-14)24-20(21)25-19(17)26/h2-5,8-9,13-15H,1,6-7,10-12H2,(H,23,24,25)/t15-/m1/s1. The molecule has 5 nitrogen and oxygen atoms in total. The minimum Gasteiger partial charge on any atom is -0.365 e.